The average Bonchev–Trinajstić information content (AvgIpc) is 2.72. The van der Waals surface area contributed by atoms with E-state index in [1.54, 1.807) is 6.92 Å². The van der Waals surface area contributed by atoms with Gasteiger partial charge in [0.25, 0.3) is 0 Å². The second-order valence-corrected chi connectivity index (χ2v) is 7.10. The number of carbonyl (C=O) groups excluding carboxylic acids is 1. The molecule has 8 nitrogen and oxygen atoms in total. The maximum atomic E-state index is 11.7. The summed E-state index contributed by atoms with van der Waals surface area (Å²) in [6.45, 7) is 7.72. The van der Waals surface area contributed by atoms with Crippen molar-refractivity contribution in [3.63, 3.8) is 0 Å². The molecule has 9 heteroatoms. The fourth-order valence-electron chi connectivity index (χ4n) is 2.81. The minimum Gasteiger partial charge on any atom is -0.489 e. The standard InChI is InChI=1S/C20H22BrN5O3/c1-4-26(20-22-10-14(11-23-20)19(27)28-5-2)6-7-29-17-9-15(21)8-16-13(3)24-12-25-18(16)17/h8-12H,4-7H2,1-3H3. The molecule has 0 N–H and O–H groups in total. The first-order valence-electron chi connectivity index (χ1n) is 9.31. The highest BCUT2D eigenvalue weighted by molar-refractivity contribution is 9.10. The van der Waals surface area contributed by atoms with Gasteiger partial charge < -0.3 is 14.4 Å². The smallest absolute Gasteiger partial charge is 0.341 e. The quantitative estimate of drug-likeness (QED) is 0.472. The Morgan fingerprint density at radius 3 is 2.59 bits per heavy atom. The van der Waals surface area contributed by atoms with Crippen molar-refractivity contribution in [2.45, 2.75) is 20.8 Å². The Morgan fingerprint density at radius 1 is 1.14 bits per heavy atom. The summed E-state index contributed by atoms with van der Waals surface area (Å²) >= 11 is 3.51. The van der Waals surface area contributed by atoms with E-state index in [-0.39, 0.29) is 0 Å². The molecule has 0 spiro atoms. The molecule has 0 aliphatic heterocycles. The normalized spacial score (nSPS) is 10.8. The fraction of sp³-hybridized carbons (Fsp3) is 0.350. The summed E-state index contributed by atoms with van der Waals surface area (Å²) in [6, 6.07) is 3.88. The van der Waals surface area contributed by atoms with Crippen molar-refractivity contribution in [1.82, 2.24) is 19.9 Å². The second kappa shape index (κ2) is 9.60. The third-order valence-corrected chi connectivity index (χ3v) is 4.76. The van der Waals surface area contributed by atoms with Crippen molar-refractivity contribution < 1.29 is 14.3 Å². The van der Waals surface area contributed by atoms with Crippen LogP contribution in [0.3, 0.4) is 0 Å². The minimum absolute atomic E-state index is 0.313. The number of nitrogens with zero attached hydrogens (tertiary/aromatic N) is 5. The monoisotopic (exact) mass is 459 g/mol. The van der Waals surface area contributed by atoms with Crippen molar-refractivity contribution in [3.05, 3.63) is 46.6 Å². The molecule has 0 aliphatic carbocycles. The van der Waals surface area contributed by atoms with E-state index in [0.717, 1.165) is 21.1 Å². The highest BCUT2D eigenvalue weighted by Crippen LogP contribution is 2.29. The van der Waals surface area contributed by atoms with Gasteiger partial charge in [-0.1, -0.05) is 15.9 Å². The molecule has 0 radical (unpaired) electrons. The van der Waals surface area contributed by atoms with E-state index in [1.165, 1.54) is 18.7 Å². The number of aromatic nitrogens is 4. The van der Waals surface area contributed by atoms with Crippen LogP contribution in [0, 0.1) is 6.92 Å². The van der Waals surface area contributed by atoms with Crippen LogP contribution in [-0.2, 0) is 4.74 Å². The van der Waals surface area contributed by atoms with Crippen LogP contribution in [0.4, 0.5) is 5.95 Å². The van der Waals surface area contributed by atoms with E-state index >= 15 is 0 Å². The molecule has 3 aromatic rings. The molecular formula is C20H22BrN5O3. The van der Waals surface area contributed by atoms with Crippen LogP contribution < -0.4 is 9.64 Å². The van der Waals surface area contributed by atoms with Gasteiger partial charge in [0.2, 0.25) is 5.95 Å². The van der Waals surface area contributed by atoms with Crippen LogP contribution in [-0.4, -0.2) is 52.2 Å². The first-order chi connectivity index (χ1) is 14.0. The lowest BCUT2D eigenvalue weighted by atomic mass is 10.2. The Hall–Kier alpha value is -2.81. The molecule has 0 bridgehead atoms. The van der Waals surface area contributed by atoms with E-state index in [0.29, 0.717) is 43.6 Å². The lowest BCUT2D eigenvalue weighted by Crippen LogP contribution is -2.29. The number of hydrogen-bond acceptors (Lipinski definition) is 8. The number of fused-ring (bicyclic) bond motifs is 1. The summed E-state index contributed by atoms with van der Waals surface area (Å²) in [7, 11) is 0. The van der Waals surface area contributed by atoms with Crippen molar-refractivity contribution >= 4 is 38.8 Å². The largest absolute Gasteiger partial charge is 0.489 e. The molecule has 152 valence electrons. The van der Waals surface area contributed by atoms with Crippen molar-refractivity contribution in [2.75, 3.05) is 31.2 Å². The first-order valence-corrected chi connectivity index (χ1v) is 10.1. The third kappa shape index (κ3) is 4.97. The van der Waals surface area contributed by atoms with Gasteiger partial charge in [-0.3, -0.25) is 0 Å². The van der Waals surface area contributed by atoms with E-state index in [9.17, 15) is 4.79 Å². The average molecular weight is 460 g/mol. The third-order valence-electron chi connectivity index (χ3n) is 4.30. The highest BCUT2D eigenvalue weighted by atomic mass is 79.9. The minimum atomic E-state index is -0.427. The molecule has 2 heterocycles. The molecule has 0 unspecified atom stereocenters. The van der Waals surface area contributed by atoms with Crippen LogP contribution in [0.2, 0.25) is 0 Å². The summed E-state index contributed by atoms with van der Waals surface area (Å²) in [5.74, 6) is 0.792. The number of carbonyl (C=O) groups is 1. The Bertz CT molecular complexity index is 997. The van der Waals surface area contributed by atoms with Crippen LogP contribution in [0.1, 0.15) is 29.9 Å². The number of ether oxygens (including phenoxy) is 2. The molecule has 0 amide bonds. The van der Waals surface area contributed by atoms with E-state index in [4.69, 9.17) is 9.47 Å². The SMILES string of the molecule is CCOC(=O)c1cnc(N(CC)CCOc2cc(Br)cc3c(C)ncnc23)nc1. The first kappa shape index (κ1) is 20.9. The van der Waals surface area contributed by atoms with Gasteiger partial charge in [0.15, 0.2) is 0 Å². The van der Waals surface area contributed by atoms with Gasteiger partial charge in [0.05, 0.1) is 18.7 Å². The van der Waals surface area contributed by atoms with Gasteiger partial charge in [-0.25, -0.2) is 24.7 Å². The Balaban J connectivity index is 1.68. The zero-order valence-electron chi connectivity index (χ0n) is 16.6. The predicted octanol–water partition coefficient (Wildman–Crippen LogP) is 3.57. The lowest BCUT2D eigenvalue weighted by molar-refractivity contribution is 0.0525. The number of anilines is 1. The molecule has 3 rings (SSSR count). The van der Waals surface area contributed by atoms with Crippen LogP contribution in [0.25, 0.3) is 10.9 Å². The maximum Gasteiger partial charge on any atom is 0.341 e. The molecule has 0 aliphatic rings. The van der Waals surface area contributed by atoms with Gasteiger partial charge in [-0.15, -0.1) is 0 Å². The van der Waals surface area contributed by atoms with Gasteiger partial charge in [0, 0.05) is 34.5 Å². The predicted molar refractivity (Wildman–Crippen MR) is 113 cm³/mol. The topological polar surface area (TPSA) is 90.3 Å². The molecule has 0 saturated heterocycles. The van der Waals surface area contributed by atoms with E-state index in [1.807, 2.05) is 30.9 Å². The number of aryl methyl sites for hydroxylation is 1. The second-order valence-electron chi connectivity index (χ2n) is 6.18. The molecule has 0 atom stereocenters. The Labute approximate surface area is 177 Å². The number of esters is 1. The summed E-state index contributed by atoms with van der Waals surface area (Å²) in [5.41, 5.74) is 2.00. The Kier molecular flexibility index (Phi) is 6.92. The van der Waals surface area contributed by atoms with Crippen molar-refractivity contribution in [3.8, 4) is 5.75 Å². The van der Waals surface area contributed by atoms with E-state index < -0.39 is 5.97 Å². The highest BCUT2D eigenvalue weighted by Gasteiger charge is 2.13. The number of benzene rings is 1. The zero-order chi connectivity index (χ0) is 20.8. The van der Waals surface area contributed by atoms with Gasteiger partial charge >= 0.3 is 5.97 Å². The van der Waals surface area contributed by atoms with Crippen LogP contribution >= 0.6 is 15.9 Å². The van der Waals surface area contributed by atoms with Crippen LogP contribution in [0.5, 0.6) is 5.75 Å². The summed E-state index contributed by atoms with van der Waals surface area (Å²) in [4.78, 5) is 30.9. The molecule has 2 aromatic heterocycles. The number of rotatable bonds is 8. The fourth-order valence-corrected chi connectivity index (χ4v) is 3.24. The van der Waals surface area contributed by atoms with Gasteiger partial charge in [0.1, 0.15) is 24.2 Å². The van der Waals surface area contributed by atoms with Gasteiger partial charge in [-0.05, 0) is 32.9 Å². The lowest BCUT2D eigenvalue weighted by Gasteiger charge is -2.21. The molecule has 0 saturated carbocycles. The molecule has 1 aromatic carbocycles. The van der Waals surface area contributed by atoms with Crippen molar-refractivity contribution in [1.29, 1.82) is 0 Å². The maximum absolute atomic E-state index is 11.7. The van der Waals surface area contributed by atoms with Crippen LogP contribution in [0.15, 0.2) is 35.3 Å². The number of likely N-dealkylation sites (N-methyl/N-ethyl adjacent to an activating group) is 1. The van der Waals surface area contributed by atoms with Gasteiger partial charge in [-0.2, -0.15) is 0 Å². The van der Waals surface area contributed by atoms with Crippen molar-refractivity contribution in [2.24, 2.45) is 0 Å². The molecule has 0 fully saturated rings. The molecular weight excluding hydrogens is 438 g/mol. The molecule has 29 heavy (non-hydrogen) atoms. The zero-order valence-corrected chi connectivity index (χ0v) is 18.1. The summed E-state index contributed by atoms with van der Waals surface area (Å²) < 4.78 is 11.9. The number of halogens is 1. The van der Waals surface area contributed by atoms with E-state index in [2.05, 4.69) is 35.9 Å². The summed E-state index contributed by atoms with van der Waals surface area (Å²) in [5, 5.41) is 0.946. The number of hydrogen-bond donors (Lipinski definition) is 0. The Morgan fingerprint density at radius 2 is 1.90 bits per heavy atom. The summed E-state index contributed by atoms with van der Waals surface area (Å²) in [6.07, 6.45) is 4.49.